The van der Waals surface area contributed by atoms with E-state index >= 15 is 0 Å². The Labute approximate surface area is 153 Å². The highest BCUT2D eigenvalue weighted by Crippen LogP contribution is 2.33. The zero-order chi connectivity index (χ0) is 18.4. The van der Waals surface area contributed by atoms with Crippen LogP contribution in [0.5, 0.6) is 17.4 Å². The molecule has 2 aromatic rings. The standard InChI is InChI=1S/C19H24N4O3/c1-20-12-17(24)23-11-3-4-14(13-23)18-19(22-10-9-21-18)26-16-7-5-15(25-2)6-8-16/h5-10,14,20H,3-4,11-13H2,1-2H3. The average molecular weight is 356 g/mol. The molecule has 1 aliphatic rings. The number of ether oxygens (including phenoxy) is 2. The van der Waals surface area contributed by atoms with Crippen LogP contribution in [0.3, 0.4) is 0 Å². The second-order valence-electron chi connectivity index (χ2n) is 6.23. The first-order valence-corrected chi connectivity index (χ1v) is 8.76. The molecule has 0 bridgehead atoms. The van der Waals surface area contributed by atoms with Crippen LogP contribution < -0.4 is 14.8 Å². The number of amides is 1. The minimum atomic E-state index is 0.110. The van der Waals surface area contributed by atoms with Gasteiger partial charge in [-0.2, -0.15) is 0 Å². The number of aromatic nitrogens is 2. The van der Waals surface area contributed by atoms with Crippen molar-refractivity contribution in [3.05, 3.63) is 42.4 Å². The first-order chi connectivity index (χ1) is 12.7. The monoisotopic (exact) mass is 356 g/mol. The van der Waals surface area contributed by atoms with Crippen LogP contribution in [-0.4, -0.2) is 54.6 Å². The molecule has 7 heteroatoms. The zero-order valence-electron chi connectivity index (χ0n) is 15.1. The molecule has 0 spiro atoms. The Morgan fingerprint density at radius 2 is 1.96 bits per heavy atom. The van der Waals surface area contributed by atoms with Gasteiger partial charge in [-0.05, 0) is 44.2 Å². The molecule has 1 N–H and O–H groups in total. The first-order valence-electron chi connectivity index (χ1n) is 8.76. The molecular weight excluding hydrogens is 332 g/mol. The van der Waals surface area contributed by atoms with Crippen LogP contribution in [0, 0.1) is 0 Å². The summed E-state index contributed by atoms with van der Waals surface area (Å²) in [6.45, 7) is 1.77. The molecular formula is C19H24N4O3. The molecule has 7 nitrogen and oxygen atoms in total. The van der Waals surface area contributed by atoms with Gasteiger partial charge in [0.2, 0.25) is 11.8 Å². The highest BCUT2D eigenvalue weighted by molar-refractivity contribution is 5.78. The number of piperidine rings is 1. The van der Waals surface area contributed by atoms with E-state index in [4.69, 9.17) is 9.47 Å². The smallest absolute Gasteiger partial charge is 0.241 e. The number of benzene rings is 1. The normalized spacial score (nSPS) is 17.0. The summed E-state index contributed by atoms with van der Waals surface area (Å²) < 4.78 is 11.1. The Morgan fingerprint density at radius 3 is 2.69 bits per heavy atom. The van der Waals surface area contributed by atoms with E-state index in [0.717, 1.165) is 30.8 Å². The largest absolute Gasteiger partial charge is 0.497 e. The maximum atomic E-state index is 12.2. The zero-order valence-corrected chi connectivity index (χ0v) is 15.1. The van der Waals surface area contributed by atoms with Crippen molar-refractivity contribution in [1.29, 1.82) is 0 Å². The van der Waals surface area contributed by atoms with E-state index < -0.39 is 0 Å². The average Bonchev–Trinajstić information content (AvgIpc) is 2.69. The molecule has 1 saturated heterocycles. The van der Waals surface area contributed by atoms with Gasteiger partial charge in [0.1, 0.15) is 17.2 Å². The van der Waals surface area contributed by atoms with Crippen molar-refractivity contribution in [1.82, 2.24) is 20.2 Å². The molecule has 1 aromatic carbocycles. The first kappa shape index (κ1) is 18.1. The minimum Gasteiger partial charge on any atom is -0.497 e. The summed E-state index contributed by atoms with van der Waals surface area (Å²) in [6, 6.07) is 7.34. The van der Waals surface area contributed by atoms with Crippen LogP contribution >= 0.6 is 0 Å². The summed E-state index contributed by atoms with van der Waals surface area (Å²) in [6.07, 6.45) is 5.19. The lowest BCUT2D eigenvalue weighted by Crippen LogP contribution is -2.43. The lowest BCUT2D eigenvalue weighted by molar-refractivity contribution is -0.131. The second kappa shape index (κ2) is 8.62. The number of nitrogens with zero attached hydrogens (tertiary/aromatic N) is 3. The Hall–Kier alpha value is -2.67. The highest BCUT2D eigenvalue weighted by atomic mass is 16.5. The Bertz CT molecular complexity index is 736. The summed E-state index contributed by atoms with van der Waals surface area (Å²) in [5.41, 5.74) is 0.797. The van der Waals surface area contributed by atoms with Crippen molar-refractivity contribution in [3.63, 3.8) is 0 Å². The number of carbonyl (C=O) groups is 1. The van der Waals surface area contributed by atoms with Crippen LogP contribution in [0.4, 0.5) is 0 Å². The maximum absolute atomic E-state index is 12.2. The van der Waals surface area contributed by atoms with Gasteiger partial charge in [0.15, 0.2) is 0 Å². The van der Waals surface area contributed by atoms with Gasteiger partial charge < -0.3 is 19.7 Å². The fraction of sp³-hybridized carbons (Fsp3) is 0.421. The molecule has 0 aliphatic carbocycles. The van der Waals surface area contributed by atoms with Gasteiger partial charge in [-0.15, -0.1) is 0 Å². The molecule has 1 aromatic heterocycles. The third-order valence-electron chi connectivity index (χ3n) is 4.45. The second-order valence-corrected chi connectivity index (χ2v) is 6.23. The van der Waals surface area contributed by atoms with Gasteiger partial charge >= 0.3 is 0 Å². The predicted octanol–water partition coefficient (Wildman–Crippen LogP) is 2.20. The fourth-order valence-corrected chi connectivity index (χ4v) is 3.14. The molecule has 26 heavy (non-hydrogen) atoms. The molecule has 3 rings (SSSR count). The van der Waals surface area contributed by atoms with Crippen molar-refractivity contribution >= 4 is 5.91 Å². The molecule has 0 saturated carbocycles. The predicted molar refractivity (Wildman–Crippen MR) is 97.6 cm³/mol. The third kappa shape index (κ3) is 4.29. The number of rotatable bonds is 6. The number of likely N-dealkylation sites (N-methyl/N-ethyl adjacent to an activating group) is 1. The van der Waals surface area contributed by atoms with Gasteiger partial charge in [0, 0.05) is 31.4 Å². The summed E-state index contributed by atoms with van der Waals surface area (Å²) in [5, 5.41) is 2.92. The lowest BCUT2D eigenvalue weighted by Gasteiger charge is -2.32. The number of carbonyl (C=O) groups excluding carboxylic acids is 1. The number of hydrogen-bond acceptors (Lipinski definition) is 6. The van der Waals surface area contributed by atoms with E-state index in [1.54, 1.807) is 26.6 Å². The molecule has 1 amide bonds. The quantitative estimate of drug-likeness (QED) is 0.855. The van der Waals surface area contributed by atoms with E-state index in [1.165, 1.54) is 0 Å². The van der Waals surface area contributed by atoms with Gasteiger partial charge in [-0.1, -0.05) is 0 Å². The van der Waals surface area contributed by atoms with Crippen LogP contribution in [-0.2, 0) is 4.79 Å². The van der Waals surface area contributed by atoms with Gasteiger partial charge in [0.05, 0.1) is 13.7 Å². The van der Waals surface area contributed by atoms with Gasteiger partial charge in [0.25, 0.3) is 0 Å². The van der Waals surface area contributed by atoms with Crippen molar-refractivity contribution in [2.45, 2.75) is 18.8 Å². The van der Waals surface area contributed by atoms with Crippen molar-refractivity contribution in [2.75, 3.05) is 33.8 Å². The summed E-state index contributed by atoms with van der Waals surface area (Å²) in [4.78, 5) is 23.0. The van der Waals surface area contributed by atoms with Crippen LogP contribution in [0.25, 0.3) is 0 Å². The van der Waals surface area contributed by atoms with Crippen molar-refractivity contribution in [3.8, 4) is 17.4 Å². The fourth-order valence-electron chi connectivity index (χ4n) is 3.14. The lowest BCUT2D eigenvalue weighted by atomic mass is 9.94. The number of methoxy groups -OCH3 is 1. The van der Waals surface area contributed by atoms with Gasteiger partial charge in [-0.3, -0.25) is 9.78 Å². The Balaban J connectivity index is 1.76. The number of nitrogens with one attached hydrogen (secondary N) is 1. The van der Waals surface area contributed by atoms with Crippen molar-refractivity contribution < 1.29 is 14.3 Å². The minimum absolute atomic E-state index is 0.110. The number of likely N-dealkylation sites (tertiary alicyclic amines) is 1. The van der Waals surface area contributed by atoms with E-state index in [1.807, 2.05) is 29.2 Å². The van der Waals surface area contributed by atoms with Crippen molar-refractivity contribution in [2.24, 2.45) is 0 Å². The van der Waals surface area contributed by atoms with E-state index in [0.29, 0.717) is 24.7 Å². The molecule has 1 unspecified atom stereocenters. The van der Waals surface area contributed by atoms with E-state index in [-0.39, 0.29) is 11.8 Å². The SMILES string of the molecule is CNCC(=O)N1CCCC(c2nccnc2Oc2ccc(OC)cc2)C1. The van der Waals surface area contributed by atoms with Crippen LogP contribution in [0.1, 0.15) is 24.5 Å². The third-order valence-corrected chi connectivity index (χ3v) is 4.45. The highest BCUT2D eigenvalue weighted by Gasteiger charge is 2.28. The molecule has 1 fully saturated rings. The van der Waals surface area contributed by atoms with E-state index in [9.17, 15) is 4.79 Å². The van der Waals surface area contributed by atoms with Crippen LogP contribution in [0.2, 0.25) is 0 Å². The molecule has 2 heterocycles. The maximum Gasteiger partial charge on any atom is 0.241 e. The number of hydrogen-bond donors (Lipinski definition) is 1. The molecule has 1 atom stereocenters. The Kier molecular flexibility index (Phi) is 6.01. The summed E-state index contributed by atoms with van der Waals surface area (Å²) >= 11 is 0. The molecule has 138 valence electrons. The summed E-state index contributed by atoms with van der Waals surface area (Å²) in [5.74, 6) is 2.16. The topological polar surface area (TPSA) is 76.6 Å². The van der Waals surface area contributed by atoms with E-state index in [2.05, 4.69) is 15.3 Å². The molecule has 1 aliphatic heterocycles. The van der Waals surface area contributed by atoms with Gasteiger partial charge in [-0.25, -0.2) is 4.98 Å². The van der Waals surface area contributed by atoms with Crippen LogP contribution in [0.15, 0.2) is 36.7 Å². The summed E-state index contributed by atoms with van der Waals surface area (Å²) in [7, 11) is 3.41. The molecule has 0 radical (unpaired) electrons. The Morgan fingerprint density at radius 1 is 1.23 bits per heavy atom.